The molecule has 0 spiro atoms. The SMILES string of the molecule is c1coc(-c2cc(-c3ncnc(N4CCc5ccccc54)n3)n[nH]2)c1. The van der Waals surface area contributed by atoms with Crippen LogP contribution in [0.15, 0.2) is 59.5 Å². The van der Waals surface area contributed by atoms with Crippen LogP contribution in [0.5, 0.6) is 0 Å². The van der Waals surface area contributed by atoms with Crippen LogP contribution in [0, 0.1) is 0 Å². The molecule has 3 aromatic heterocycles. The maximum absolute atomic E-state index is 5.38. The Bertz CT molecular complexity index is 1020. The van der Waals surface area contributed by atoms with Gasteiger partial charge in [-0.05, 0) is 36.2 Å². The van der Waals surface area contributed by atoms with Crippen molar-refractivity contribution in [3.05, 3.63) is 60.6 Å². The number of rotatable bonds is 3. The number of nitrogens with one attached hydrogen (secondary N) is 1. The highest BCUT2D eigenvalue weighted by molar-refractivity contribution is 5.67. The smallest absolute Gasteiger partial charge is 0.233 e. The maximum Gasteiger partial charge on any atom is 0.233 e. The third kappa shape index (κ3) is 2.37. The molecule has 0 atom stereocenters. The second-order valence-electron chi connectivity index (χ2n) is 5.78. The minimum absolute atomic E-state index is 0.531. The molecule has 0 fully saturated rings. The molecule has 0 radical (unpaired) electrons. The number of furan rings is 1. The van der Waals surface area contributed by atoms with Crippen LogP contribution in [-0.4, -0.2) is 31.7 Å². The van der Waals surface area contributed by atoms with Gasteiger partial charge in [0.1, 0.15) is 17.7 Å². The first-order valence-corrected chi connectivity index (χ1v) is 8.02. The number of para-hydroxylation sites is 1. The molecule has 0 saturated carbocycles. The van der Waals surface area contributed by atoms with E-state index in [9.17, 15) is 0 Å². The van der Waals surface area contributed by atoms with Gasteiger partial charge in [0, 0.05) is 12.2 Å². The number of aromatic nitrogens is 5. The van der Waals surface area contributed by atoms with Crippen LogP contribution in [0.3, 0.4) is 0 Å². The van der Waals surface area contributed by atoms with Gasteiger partial charge in [0.25, 0.3) is 0 Å². The van der Waals surface area contributed by atoms with Crippen molar-refractivity contribution in [2.24, 2.45) is 0 Å². The summed E-state index contributed by atoms with van der Waals surface area (Å²) in [5, 5.41) is 7.25. The molecule has 0 bridgehead atoms. The van der Waals surface area contributed by atoms with Crippen molar-refractivity contribution in [2.45, 2.75) is 6.42 Å². The van der Waals surface area contributed by atoms with E-state index < -0.39 is 0 Å². The number of anilines is 2. The zero-order chi connectivity index (χ0) is 16.6. The number of fused-ring (bicyclic) bond motifs is 1. The van der Waals surface area contributed by atoms with Crippen molar-refractivity contribution in [1.29, 1.82) is 0 Å². The van der Waals surface area contributed by atoms with E-state index in [1.165, 1.54) is 11.9 Å². The summed E-state index contributed by atoms with van der Waals surface area (Å²) < 4.78 is 5.38. The fourth-order valence-corrected chi connectivity index (χ4v) is 3.08. The Balaban J connectivity index is 1.50. The standard InChI is InChI=1S/C18H14N6O/c1-2-5-15-12(4-1)7-8-24(15)18-20-11-19-17(21-18)14-10-13(22-23-14)16-6-3-9-25-16/h1-6,9-11H,7-8H2,(H,22,23). The van der Waals surface area contributed by atoms with Gasteiger partial charge < -0.3 is 9.32 Å². The molecule has 1 aromatic carbocycles. The molecule has 0 amide bonds. The predicted octanol–water partition coefficient (Wildman–Crippen LogP) is 3.22. The molecule has 1 aliphatic rings. The molecule has 0 aliphatic carbocycles. The molecule has 7 nitrogen and oxygen atoms in total. The van der Waals surface area contributed by atoms with Crippen molar-refractivity contribution in [2.75, 3.05) is 11.4 Å². The number of hydrogen-bond donors (Lipinski definition) is 1. The third-order valence-corrected chi connectivity index (χ3v) is 4.28. The molecular weight excluding hydrogens is 316 g/mol. The van der Waals surface area contributed by atoms with Crippen LogP contribution in [-0.2, 0) is 6.42 Å². The van der Waals surface area contributed by atoms with Crippen LogP contribution < -0.4 is 4.90 Å². The van der Waals surface area contributed by atoms with Crippen LogP contribution in [0.1, 0.15) is 5.56 Å². The highest BCUT2D eigenvalue weighted by Crippen LogP contribution is 2.32. The van der Waals surface area contributed by atoms with E-state index in [0.29, 0.717) is 17.5 Å². The van der Waals surface area contributed by atoms with Crippen molar-refractivity contribution in [3.8, 4) is 23.0 Å². The molecule has 0 saturated heterocycles. The number of nitrogens with zero attached hydrogens (tertiary/aromatic N) is 5. The number of H-pyrrole nitrogens is 1. The van der Waals surface area contributed by atoms with E-state index >= 15 is 0 Å². The van der Waals surface area contributed by atoms with Gasteiger partial charge in [0.05, 0.1) is 6.26 Å². The minimum atomic E-state index is 0.531. The predicted molar refractivity (Wildman–Crippen MR) is 92.3 cm³/mol. The van der Waals surface area contributed by atoms with Gasteiger partial charge in [-0.2, -0.15) is 10.1 Å². The van der Waals surface area contributed by atoms with E-state index in [1.54, 1.807) is 6.26 Å². The molecule has 7 heteroatoms. The van der Waals surface area contributed by atoms with Crippen LogP contribution in [0.2, 0.25) is 0 Å². The summed E-state index contributed by atoms with van der Waals surface area (Å²) in [5.41, 5.74) is 3.90. The molecule has 0 unspecified atom stereocenters. The Labute approximate surface area is 143 Å². The fraction of sp³-hybridized carbons (Fsp3) is 0.111. The first kappa shape index (κ1) is 13.9. The quantitative estimate of drug-likeness (QED) is 0.621. The van der Waals surface area contributed by atoms with Gasteiger partial charge in [0.2, 0.25) is 5.95 Å². The summed E-state index contributed by atoms with van der Waals surface area (Å²) in [6, 6.07) is 13.9. The molecular formula is C18H14N6O. The van der Waals surface area contributed by atoms with Crippen LogP contribution in [0.25, 0.3) is 23.0 Å². The Kier molecular flexibility index (Phi) is 3.09. The normalized spacial score (nSPS) is 13.2. The topological polar surface area (TPSA) is 83.7 Å². The van der Waals surface area contributed by atoms with E-state index in [-0.39, 0.29) is 0 Å². The van der Waals surface area contributed by atoms with Crippen molar-refractivity contribution in [1.82, 2.24) is 25.1 Å². The second-order valence-corrected chi connectivity index (χ2v) is 5.78. The van der Waals surface area contributed by atoms with Gasteiger partial charge in [-0.1, -0.05) is 18.2 Å². The van der Waals surface area contributed by atoms with Gasteiger partial charge in [-0.25, -0.2) is 9.97 Å². The zero-order valence-electron chi connectivity index (χ0n) is 13.3. The first-order valence-electron chi connectivity index (χ1n) is 8.02. The average Bonchev–Trinajstić information content (AvgIpc) is 3.41. The average molecular weight is 330 g/mol. The van der Waals surface area contributed by atoms with E-state index in [2.05, 4.69) is 48.2 Å². The summed E-state index contributed by atoms with van der Waals surface area (Å²) in [5.74, 6) is 1.89. The number of hydrogen-bond acceptors (Lipinski definition) is 6. The maximum atomic E-state index is 5.38. The molecule has 4 aromatic rings. The molecule has 1 aliphatic heterocycles. The Hall–Kier alpha value is -3.48. The van der Waals surface area contributed by atoms with Crippen LogP contribution in [0.4, 0.5) is 11.6 Å². The Morgan fingerprint density at radius 1 is 1.08 bits per heavy atom. The van der Waals surface area contributed by atoms with Gasteiger partial charge in [-0.3, -0.25) is 5.10 Å². The second kappa shape index (κ2) is 5.55. The lowest BCUT2D eigenvalue weighted by Crippen LogP contribution is -2.17. The minimum Gasteiger partial charge on any atom is -0.463 e. The number of benzene rings is 1. The third-order valence-electron chi connectivity index (χ3n) is 4.28. The number of aromatic amines is 1. The summed E-state index contributed by atoms with van der Waals surface area (Å²) >= 11 is 0. The van der Waals surface area contributed by atoms with Gasteiger partial charge in [0.15, 0.2) is 11.6 Å². The molecule has 4 heterocycles. The van der Waals surface area contributed by atoms with Gasteiger partial charge >= 0.3 is 0 Å². The summed E-state index contributed by atoms with van der Waals surface area (Å²) in [7, 11) is 0. The summed E-state index contributed by atoms with van der Waals surface area (Å²) in [6.07, 6.45) is 4.14. The van der Waals surface area contributed by atoms with E-state index in [4.69, 9.17) is 4.42 Å². The zero-order valence-corrected chi connectivity index (χ0v) is 13.3. The van der Waals surface area contributed by atoms with Crippen molar-refractivity contribution in [3.63, 3.8) is 0 Å². The van der Waals surface area contributed by atoms with E-state index in [0.717, 1.165) is 30.1 Å². The van der Waals surface area contributed by atoms with Crippen molar-refractivity contribution >= 4 is 11.6 Å². The Morgan fingerprint density at radius 3 is 2.96 bits per heavy atom. The van der Waals surface area contributed by atoms with Crippen molar-refractivity contribution < 1.29 is 4.42 Å². The lowest BCUT2D eigenvalue weighted by atomic mass is 10.2. The Morgan fingerprint density at radius 2 is 2.04 bits per heavy atom. The lowest BCUT2D eigenvalue weighted by Gasteiger charge is -2.16. The highest BCUT2D eigenvalue weighted by Gasteiger charge is 2.22. The largest absolute Gasteiger partial charge is 0.463 e. The van der Waals surface area contributed by atoms with E-state index in [1.807, 2.05) is 24.3 Å². The molecule has 5 rings (SSSR count). The molecule has 1 N–H and O–H groups in total. The van der Waals surface area contributed by atoms with Gasteiger partial charge in [-0.15, -0.1) is 0 Å². The summed E-state index contributed by atoms with van der Waals surface area (Å²) in [4.78, 5) is 15.3. The summed E-state index contributed by atoms with van der Waals surface area (Å²) in [6.45, 7) is 0.862. The lowest BCUT2D eigenvalue weighted by molar-refractivity contribution is 0.580. The molecule has 122 valence electrons. The molecule has 25 heavy (non-hydrogen) atoms. The highest BCUT2D eigenvalue weighted by atomic mass is 16.3. The fourth-order valence-electron chi connectivity index (χ4n) is 3.08. The van der Waals surface area contributed by atoms with Crippen LogP contribution >= 0.6 is 0 Å². The monoisotopic (exact) mass is 330 g/mol. The first-order chi connectivity index (χ1) is 12.4.